The molecule has 0 saturated carbocycles. The Balaban J connectivity index is 5.22. The van der Waals surface area contributed by atoms with Crippen molar-refractivity contribution in [3.63, 3.8) is 0 Å². The maximum absolute atomic E-state index is 12.9. The van der Waals surface area contributed by atoms with Crippen LogP contribution in [0.2, 0.25) is 0 Å². The average Bonchev–Trinajstić information content (AvgIpc) is 3.43. The van der Waals surface area contributed by atoms with Gasteiger partial charge in [0, 0.05) is 25.7 Å². The number of unbranched alkanes of at least 4 members (excludes halogenated alkanes) is 32. The molecule has 0 rings (SSSR count). The van der Waals surface area contributed by atoms with Crippen LogP contribution in [-0.2, 0) is 65.4 Å². The normalized spacial score (nSPS) is 14.7. The van der Waals surface area contributed by atoms with Gasteiger partial charge in [-0.1, -0.05) is 253 Å². The van der Waals surface area contributed by atoms with Crippen molar-refractivity contribution in [2.45, 2.75) is 323 Å². The Morgan fingerprint density at radius 1 is 0.350 bits per heavy atom. The Hall–Kier alpha value is -1.94. The summed E-state index contributed by atoms with van der Waals surface area (Å²) in [5.74, 6) is -1.37. The first-order valence-electron chi connectivity index (χ1n) is 32.2. The molecule has 0 radical (unpaired) electrons. The molecule has 0 fully saturated rings. The SMILES string of the molecule is CCCCCCCCCCCCCCC(=O)OC[C@H](COP(=O)(O)OC[C@@H](O)COP(=O)(O)OC[C@@H](COC(=O)CCCCCCCCCC)OC(=O)CCCCCCCCCC)OC(=O)CCCCCCCCCCC(C)CC. The van der Waals surface area contributed by atoms with E-state index in [9.17, 15) is 43.2 Å². The molecule has 0 aliphatic rings. The standard InChI is InChI=1S/C61H118O17P2/c1-6-10-13-16-19-22-23-24-25-31-35-40-45-59(64)72-51-57(78-61(66)47-42-37-32-27-26-28-33-38-43-54(5)9-4)53-76-80(69,70)74-49-55(62)48-73-79(67,68)75-52-56(77-60(65)46-41-36-30-21-18-15-12-8-3)50-71-58(63)44-39-34-29-20-17-14-11-7-2/h54-57,62H,6-53H2,1-5H3,(H,67,68)(H,69,70)/t54?,55-,56+,57+/m0/s1. The van der Waals surface area contributed by atoms with Crippen molar-refractivity contribution in [1.82, 2.24) is 0 Å². The van der Waals surface area contributed by atoms with Crippen molar-refractivity contribution in [3.8, 4) is 0 Å². The van der Waals surface area contributed by atoms with Crippen LogP contribution in [0.25, 0.3) is 0 Å². The quantitative estimate of drug-likeness (QED) is 0.0222. The molecule has 0 spiro atoms. The zero-order chi connectivity index (χ0) is 59.2. The Labute approximate surface area is 486 Å². The lowest BCUT2D eigenvalue weighted by molar-refractivity contribution is -0.161. The van der Waals surface area contributed by atoms with Gasteiger partial charge in [-0.05, 0) is 31.6 Å². The minimum Gasteiger partial charge on any atom is -0.462 e. The Bertz CT molecular complexity index is 1570. The van der Waals surface area contributed by atoms with Crippen molar-refractivity contribution >= 4 is 39.5 Å². The van der Waals surface area contributed by atoms with E-state index < -0.39 is 97.5 Å². The number of hydrogen-bond donors (Lipinski definition) is 3. The van der Waals surface area contributed by atoms with Gasteiger partial charge in [0.2, 0.25) is 0 Å². The summed E-state index contributed by atoms with van der Waals surface area (Å²) in [4.78, 5) is 71.9. The number of aliphatic hydroxyl groups is 1. The van der Waals surface area contributed by atoms with Gasteiger partial charge in [0.25, 0.3) is 0 Å². The summed E-state index contributed by atoms with van der Waals surface area (Å²) in [6, 6.07) is 0. The first-order chi connectivity index (χ1) is 38.6. The molecule has 0 aromatic heterocycles. The maximum Gasteiger partial charge on any atom is 0.472 e. The smallest absolute Gasteiger partial charge is 0.462 e. The number of aliphatic hydroxyl groups excluding tert-OH is 1. The lowest BCUT2D eigenvalue weighted by atomic mass is 9.99. The lowest BCUT2D eigenvalue weighted by Gasteiger charge is -2.21. The van der Waals surface area contributed by atoms with Gasteiger partial charge in [-0.3, -0.25) is 37.3 Å². The van der Waals surface area contributed by atoms with Gasteiger partial charge >= 0.3 is 39.5 Å². The van der Waals surface area contributed by atoms with Crippen molar-refractivity contribution in [3.05, 3.63) is 0 Å². The van der Waals surface area contributed by atoms with E-state index in [-0.39, 0.29) is 25.7 Å². The van der Waals surface area contributed by atoms with E-state index in [4.69, 9.17) is 37.0 Å². The first-order valence-corrected chi connectivity index (χ1v) is 35.2. The van der Waals surface area contributed by atoms with Crippen molar-refractivity contribution in [2.75, 3.05) is 39.6 Å². The molecule has 6 atom stereocenters. The Morgan fingerprint density at radius 2 is 0.600 bits per heavy atom. The van der Waals surface area contributed by atoms with Crippen LogP contribution >= 0.6 is 15.6 Å². The lowest BCUT2D eigenvalue weighted by Crippen LogP contribution is -2.30. The number of carbonyl (C=O) groups excluding carboxylic acids is 4. The second-order valence-corrected chi connectivity index (χ2v) is 25.2. The van der Waals surface area contributed by atoms with Crippen LogP contribution in [0.1, 0.15) is 304 Å². The second kappa shape index (κ2) is 55.0. The van der Waals surface area contributed by atoms with Gasteiger partial charge in [0.05, 0.1) is 26.4 Å². The molecule has 0 aliphatic heterocycles. The number of hydrogen-bond acceptors (Lipinski definition) is 15. The van der Waals surface area contributed by atoms with Crippen molar-refractivity contribution in [1.29, 1.82) is 0 Å². The number of phosphoric ester groups is 2. The van der Waals surface area contributed by atoms with Crippen molar-refractivity contribution in [2.24, 2.45) is 5.92 Å². The van der Waals surface area contributed by atoms with E-state index in [1.165, 1.54) is 116 Å². The zero-order valence-electron chi connectivity index (χ0n) is 51.2. The summed E-state index contributed by atoms with van der Waals surface area (Å²) in [7, 11) is -9.87. The molecule has 19 heteroatoms. The fourth-order valence-electron chi connectivity index (χ4n) is 9.02. The zero-order valence-corrected chi connectivity index (χ0v) is 53.0. The summed E-state index contributed by atoms with van der Waals surface area (Å²) < 4.78 is 67.8. The number of phosphoric acid groups is 2. The van der Waals surface area contributed by atoms with Crippen molar-refractivity contribution < 1.29 is 80.2 Å². The Morgan fingerprint density at radius 3 is 0.887 bits per heavy atom. The largest absolute Gasteiger partial charge is 0.472 e. The molecule has 3 N–H and O–H groups in total. The van der Waals surface area contributed by atoms with Gasteiger partial charge in [-0.2, -0.15) is 0 Å². The molecule has 474 valence electrons. The van der Waals surface area contributed by atoms with Gasteiger partial charge in [-0.15, -0.1) is 0 Å². The molecule has 80 heavy (non-hydrogen) atoms. The molecule has 3 unspecified atom stereocenters. The number of rotatable bonds is 61. The van der Waals surface area contributed by atoms with Crippen LogP contribution in [0.3, 0.4) is 0 Å². The maximum atomic E-state index is 12.9. The molecule has 0 heterocycles. The highest BCUT2D eigenvalue weighted by Crippen LogP contribution is 2.45. The summed E-state index contributed by atoms with van der Waals surface area (Å²) in [6.45, 7) is 7.12. The summed E-state index contributed by atoms with van der Waals surface area (Å²) in [5, 5.41) is 10.5. The number of ether oxygens (including phenoxy) is 4. The summed E-state index contributed by atoms with van der Waals surface area (Å²) in [5.41, 5.74) is 0. The van der Waals surface area contributed by atoms with Gasteiger partial charge in [0.1, 0.15) is 19.3 Å². The predicted octanol–water partition coefficient (Wildman–Crippen LogP) is 16.6. The third-order valence-corrected chi connectivity index (χ3v) is 16.3. The molecule has 0 aromatic rings. The van der Waals surface area contributed by atoms with Gasteiger partial charge in [0.15, 0.2) is 12.2 Å². The van der Waals surface area contributed by atoms with Crippen LogP contribution < -0.4 is 0 Å². The molecule has 0 aliphatic carbocycles. The highest BCUT2D eigenvalue weighted by molar-refractivity contribution is 7.47. The molecule has 0 saturated heterocycles. The minimum absolute atomic E-state index is 0.105. The van der Waals surface area contributed by atoms with Crippen LogP contribution in [-0.4, -0.2) is 96.7 Å². The molecular weight excluding hydrogens is 1070 g/mol. The van der Waals surface area contributed by atoms with Crippen LogP contribution in [0.4, 0.5) is 0 Å². The summed E-state index contributed by atoms with van der Waals surface area (Å²) >= 11 is 0. The molecule has 0 amide bonds. The first kappa shape index (κ1) is 78.1. The molecule has 17 nitrogen and oxygen atoms in total. The number of carbonyl (C=O) groups is 4. The van der Waals surface area contributed by atoms with E-state index in [0.717, 1.165) is 109 Å². The molecular formula is C61H118O17P2. The number of esters is 4. The summed E-state index contributed by atoms with van der Waals surface area (Å²) in [6.07, 6.45) is 37.5. The minimum atomic E-state index is -4.94. The highest BCUT2D eigenvalue weighted by Gasteiger charge is 2.30. The third-order valence-electron chi connectivity index (χ3n) is 14.4. The van der Waals surface area contributed by atoms with E-state index >= 15 is 0 Å². The predicted molar refractivity (Wildman–Crippen MR) is 317 cm³/mol. The highest BCUT2D eigenvalue weighted by atomic mass is 31.2. The topological polar surface area (TPSA) is 237 Å². The average molecular weight is 1190 g/mol. The van der Waals surface area contributed by atoms with Crippen LogP contribution in [0.15, 0.2) is 0 Å². The third kappa shape index (κ3) is 54.0. The fraction of sp³-hybridized carbons (Fsp3) is 0.934. The van der Waals surface area contributed by atoms with E-state index in [2.05, 4.69) is 34.6 Å². The molecule has 0 bridgehead atoms. The fourth-order valence-corrected chi connectivity index (χ4v) is 10.6. The Kier molecular flexibility index (Phi) is 53.6. The van der Waals surface area contributed by atoms with Crippen LogP contribution in [0, 0.1) is 5.92 Å². The van der Waals surface area contributed by atoms with Gasteiger partial charge in [-0.25, -0.2) is 9.13 Å². The van der Waals surface area contributed by atoms with Crippen LogP contribution in [0.5, 0.6) is 0 Å². The van der Waals surface area contributed by atoms with E-state index in [1.54, 1.807) is 0 Å². The molecule has 0 aromatic carbocycles. The van der Waals surface area contributed by atoms with E-state index in [1.807, 2.05) is 0 Å². The van der Waals surface area contributed by atoms with Gasteiger partial charge < -0.3 is 33.8 Å². The monoisotopic (exact) mass is 1180 g/mol. The second-order valence-electron chi connectivity index (χ2n) is 22.3. The van der Waals surface area contributed by atoms with E-state index in [0.29, 0.717) is 25.7 Å².